The maximum absolute atomic E-state index is 6.05. The third-order valence-electron chi connectivity index (χ3n) is 4.02. The molecule has 0 atom stereocenters. The first-order valence-electron chi connectivity index (χ1n) is 7.42. The molecular formula is C15H13Cl3N6. The zero-order chi connectivity index (χ0) is 16.7. The van der Waals surface area contributed by atoms with E-state index < -0.39 is 0 Å². The van der Waals surface area contributed by atoms with Gasteiger partial charge >= 0.3 is 0 Å². The summed E-state index contributed by atoms with van der Waals surface area (Å²) >= 11 is 17.9. The highest BCUT2D eigenvalue weighted by atomic mass is 35.5. The topological polar surface area (TPSA) is 60.9 Å². The number of halogens is 3. The molecule has 9 heteroatoms. The van der Waals surface area contributed by atoms with E-state index in [4.69, 9.17) is 34.8 Å². The molecule has 6 nitrogen and oxygen atoms in total. The molecule has 1 saturated heterocycles. The second-order valence-corrected chi connectivity index (χ2v) is 6.73. The van der Waals surface area contributed by atoms with Crippen LogP contribution in [0.15, 0.2) is 24.5 Å². The number of fused-ring (bicyclic) bond motifs is 1. The molecule has 4 rings (SSSR count). The number of nitrogens with one attached hydrogen (secondary N) is 1. The summed E-state index contributed by atoms with van der Waals surface area (Å²) < 4.78 is 0. The largest absolute Gasteiger partial charge is 0.367 e. The van der Waals surface area contributed by atoms with Crippen molar-refractivity contribution in [1.29, 1.82) is 0 Å². The molecule has 4 heterocycles. The van der Waals surface area contributed by atoms with E-state index >= 15 is 0 Å². The van der Waals surface area contributed by atoms with Gasteiger partial charge in [0.25, 0.3) is 0 Å². The van der Waals surface area contributed by atoms with Crippen LogP contribution in [0.3, 0.4) is 0 Å². The van der Waals surface area contributed by atoms with Gasteiger partial charge in [-0.3, -0.25) is 0 Å². The second kappa shape index (κ2) is 6.27. The molecular weight excluding hydrogens is 371 g/mol. The van der Waals surface area contributed by atoms with Gasteiger partial charge in [-0.1, -0.05) is 34.8 Å². The third-order valence-corrected chi connectivity index (χ3v) is 4.91. The fourth-order valence-electron chi connectivity index (χ4n) is 2.77. The second-order valence-electron chi connectivity index (χ2n) is 5.53. The van der Waals surface area contributed by atoms with Crippen LogP contribution < -0.4 is 9.80 Å². The quantitative estimate of drug-likeness (QED) is 0.685. The van der Waals surface area contributed by atoms with E-state index in [-0.39, 0.29) is 0 Å². The van der Waals surface area contributed by atoms with Gasteiger partial charge in [0.05, 0.1) is 27.4 Å². The van der Waals surface area contributed by atoms with Crippen LogP contribution in [-0.4, -0.2) is 46.1 Å². The van der Waals surface area contributed by atoms with Crippen LogP contribution in [0.5, 0.6) is 0 Å². The molecule has 0 bridgehead atoms. The van der Waals surface area contributed by atoms with Crippen LogP contribution >= 0.6 is 34.8 Å². The zero-order valence-corrected chi connectivity index (χ0v) is 14.8. The maximum atomic E-state index is 6.05. The number of rotatable bonds is 2. The van der Waals surface area contributed by atoms with Crippen molar-refractivity contribution in [3.05, 3.63) is 39.7 Å². The molecule has 24 heavy (non-hydrogen) atoms. The maximum Gasteiger partial charge on any atom is 0.205 e. The molecule has 124 valence electrons. The summed E-state index contributed by atoms with van der Waals surface area (Å²) in [5.41, 5.74) is 2.49. The molecule has 3 aromatic heterocycles. The standard InChI is InChI=1S/C15H13Cl3N6/c16-9-5-12-14(20-7-9)22-15(21-12)24-3-1-23(2-4-24)10-6-11(17)13(18)19-8-10/h5-8H,1-4H2,(H,20,21,22). The number of aromatic nitrogens is 4. The number of aromatic amines is 1. The van der Waals surface area contributed by atoms with E-state index in [0.717, 1.165) is 43.3 Å². The molecule has 3 aromatic rings. The van der Waals surface area contributed by atoms with Crippen molar-refractivity contribution < 1.29 is 0 Å². The van der Waals surface area contributed by atoms with Gasteiger partial charge in [-0.2, -0.15) is 4.98 Å². The van der Waals surface area contributed by atoms with Gasteiger partial charge in [0, 0.05) is 32.4 Å². The molecule has 0 unspecified atom stereocenters. The molecule has 0 aromatic carbocycles. The predicted molar refractivity (Wildman–Crippen MR) is 97.6 cm³/mol. The average Bonchev–Trinajstić information content (AvgIpc) is 3.00. The molecule has 1 aliphatic heterocycles. The summed E-state index contributed by atoms with van der Waals surface area (Å²) in [6, 6.07) is 3.68. The summed E-state index contributed by atoms with van der Waals surface area (Å²) in [5, 5.41) is 1.39. The molecule has 0 radical (unpaired) electrons. The van der Waals surface area contributed by atoms with E-state index in [1.807, 2.05) is 12.1 Å². The van der Waals surface area contributed by atoms with Gasteiger partial charge in [0.15, 0.2) is 5.65 Å². The van der Waals surface area contributed by atoms with E-state index in [1.54, 1.807) is 12.4 Å². The van der Waals surface area contributed by atoms with Crippen molar-refractivity contribution in [2.45, 2.75) is 0 Å². The molecule has 1 aliphatic rings. The zero-order valence-electron chi connectivity index (χ0n) is 12.5. The van der Waals surface area contributed by atoms with E-state index in [1.165, 1.54) is 0 Å². The van der Waals surface area contributed by atoms with Gasteiger partial charge in [0.1, 0.15) is 5.15 Å². The third kappa shape index (κ3) is 2.97. The number of hydrogen-bond donors (Lipinski definition) is 1. The number of pyridine rings is 2. The predicted octanol–water partition coefficient (Wildman–Crippen LogP) is 3.64. The van der Waals surface area contributed by atoms with E-state index in [2.05, 4.69) is 29.7 Å². The smallest absolute Gasteiger partial charge is 0.205 e. The Morgan fingerprint density at radius 1 is 0.917 bits per heavy atom. The fraction of sp³-hybridized carbons (Fsp3) is 0.267. The first kappa shape index (κ1) is 15.7. The summed E-state index contributed by atoms with van der Waals surface area (Å²) in [5.74, 6) is 0.812. The molecule has 0 amide bonds. The number of nitrogens with zero attached hydrogens (tertiary/aromatic N) is 5. The normalized spacial score (nSPS) is 15.3. The van der Waals surface area contributed by atoms with Crippen LogP contribution in [0.2, 0.25) is 15.2 Å². The minimum Gasteiger partial charge on any atom is -0.367 e. The first-order valence-corrected chi connectivity index (χ1v) is 8.56. The SMILES string of the molecule is Clc1cnc2nc(N3CCN(c4cnc(Cl)c(Cl)c4)CC3)[nH]c2c1. The highest BCUT2D eigenvalue weighted by Gasteiger charge is 2.21. The van der Waals surface area contributed by atoms with Gasteiger partial charge in [-0.25, -0.2) is 9.97 Å². The Morgan fingerprint density at radius 3 is 2.42 bits per heavy atom. The summed E-state index contributed by atoms with van der Waals surface area (Å²) in [7, 11) is 0. The van der Waals surface area contributed by atoms with Crippen molar-refractivity contribution in [1.82, 2.24) is 19.9 Å². The van der Waals surface area contributed by atoms with Crippen molar-refractivity contribution >= 4 is 57.6 Å². The van der Waals surface area contributed by atoms with E-state index in [9.17, 15) is 0 Å². The van der Waals surface area contributed by atoms with Crippen LogP contribution in [0.1, 0.15) is 0 Å². The fourth-order valence-corrected chi connectivity index (χ4v) is 3.19. The number of hydrogen-bond acceptors (Lipinski definition) is 5. The average molecular weight is 384 g/mol. The highest BCUT2D eigenvalue weighted by molar-refractivity contribution is 6.41. The molecule has 0 saturated carbocycles. The first-order chi connectivity index (χ1) is 11.6. The minimum absolute atomic E-state index is 0.326. The van der Waals surface area contributed by atoms with Gasteiger partial charge in [-0.15, -0.1) is 0 Å². The lowest BCUT2D eigenvalue weighted by molar-refractivity contribution is 0.642. The van der Waals surface area contributed by atoms with Gasteiger partial charge < -0.3 is 14.8 Å². The highest BCUT2D eigenvalue weighted by Crippen LogP contribution is 2.26. The number of piperazine rings is 1. The Balaban J connectivity index is 1.49. The van der Waals surface area contributed by atoms with E-state index in [0.29, 0.717) is 20.8 Å². The monoisotopic (exact) mass is 382 g/mol. The van der Waals surface area contributed by atoms with Crippen LogP contribution in [0.4, 0.5) is 11.6 Å². The van der Waals surface area contributed by atoms with Crippen molar-refractivity contribution in [3.63, 3.8) is 0 Å². The number of H-pyrrole nitrogens is 1. The van der Waals surface area contributed by atoms with Crippen LogP contribution in [0.25, 0.3) is 11.2 Å². The number of imidazole rings is 1. The Kier molecular flexibility index (Phi) is 4.12. The Labute approximate surface area is 153 Å². The lowest BCUT2D eigenvalue weighted by atomic mass is 10.3. The molecule has 0 aliphatic carbocycles. The van der Waals surface area contributed by atoms with Crippen LogP contribution in [0, 0.1) is 0 Å². The van der Waals surface area contributed by atoms with Gasteiger partial charge in [-0.05, 0) is 12.1 Å². The lowest BCUT2D eigenvalue weighted by Gasteiger charge is -2.35. The number of anilines is 2. The Bertz CT molecular complexity index is 888. The molecule has 1 N–H and O–H groups in total. The Morgan fingerprint density at radius 2 is 1.67 bits per heavy atom. The van der Waals surface area contributed by atoms with Crippen molar-refractivity contribution in [3.8, 4) is 0 Å². The summed E-state index contributed by atoms with van der Waals surface area (Å²) in [6.07, 6.45) is 3.35. The summed E-state index contributed by atoms with van der Waals surface area (Å²) in [4.78, 5) is 20.6. The van der Waals surface area contributed by atoms with Crippen molar-refractivity contribution in [2.24, 2.45) is 0 Å². The summed E-state index contributed by atoms with van der Waals surface area (Å²) in [6.45, 7) is 3.33. The molecule has 1 fully saturated rings. The Hall–Kier alpha value is -1.76. The minimum atomic E-state index is 0.326. The van der Waals surface area contributed by atoms with Crippen LogP contribution in [-0.2, 0) is 0 Å². The van der Waals surface area contributed by atoms with Gasteiger partial charge in [0.2, 0.25) is 5.95 Å². The molecule has 0 spiro atoms. The van der Waals surface area contributed by atoms with Crippen molar-refractivity contribution in [2.75, 3.05) is 36.0 Å². The lowest BCUT2D eigenvalue weighted by Crippen LogP contribution is -2.47.